The van der Waals surface area contributed by atoms with Crippen LogP contribution < -0.4 is 4.90 Å². The Morgan fingerprint density at radius 3 is 2.71 bits per heavy atom. The fourth-order valence-corrected chi connectivity index (χ4v) is 4.61. The molecule has 0 aliphatic carbocycles. The molecule has 2 aliphatic heterocycles. The fourth-order valence-electron chi connectivity index (χ4n) is 4.61. The molecule has 1 unspecified atom stereocenters. The number of aromatic nitrogens is 2. The van der Waals surface area contributed by atoms with E-state index in [-0.39, 0.29) is 0 Å². The van der Waals surface area contributed by atoms with Gasteiger partial charge in [0.15, 0.2) is 5.52 Å². The number of benzene rings is 2. The van der Waals surface area contributed by atoms with Crippen LogP contribution in [-0.2, 0) is 0 Å². The summed E-state index contributed by atoms with van der Waals surface area (Å²) < 4.78 is 5.04. The largest absolute Gasteiger partial charge is 0.389 e. The Bertz CT molecular complexity index is 972. The van der Waals surface area contributed by atoms with Gasteiger partial charge in [-0.1, -0.05) is 24.3 Å². The molecule has 2 aromatic carbocycles. The number of hydrogen-bond donors (Lipinski definition) is 1. The summed E-state index contributed by atoms with van der Waals surface area (Å²) >= 11 is 0. The van der Waals surface area contributed by atoms with Crippen molar-refractivity contribution in [1.82, 2.24) is 15.2 Å². The van der Waals surface area contributed by atoms with E-state index in [2.05, 4.69) is 26.2 Å². The fraction of sp³-hybridized carbons (Fsp3) is 0.455. The molecule has 3 heterocycles. The second-order valence-electron chi connectivity index (χ2n) is 8.17. The van der Waals surface area contributed by atoms with Crippen molar-refractivity contribution in [3.63, 3.8) is 0 Å². The van der Waals surface area contributed by atoms with Gasteiger partial charge in [-0.3, -0.25) is 0 Å². The van der Waals surface area contributed by atoms with Crippen molar-refractivity contribution in [3.05, 3.63) is 42.0 Å². The minimum absolute atomic E-state index is 0.528. The van der Waals surface area contributed by atoms with Crippen molar-refractivity contribution >= 4 is 16.7 Å². The lowest BCUT2D eigenvalue weighted by Crippen LogP contribution is -2.51. The van der Waals surface area contributed by atoms with Crippen molar-refractivity contribution in [2.75, 3.05) is 37.6 Å². The predicted octanol–water partition coefficient (Wildman–Crippen LogP) is 3.48. The minimum atomic E-state index is -0.528. The van der Waals surface area contributed by atoms with Crippen molar-refractivity contribution < 1.29 is 9.74 Å². The third-order valence-electron chi connectivity index (χ3n) is 6.08. The number of nitrogens with zero attached hydrogens (tertiary/aromatic N) is 4. The van der Waals surface area contributed by atoms with E-state index < -0.39 is 6.10 Å². The molecule has 1 aromatic heterocycles. The van der Waals surface area contributed by atoms with E-state index in [0.29, 0.717) is 5.92 Å². The third-order valence-corrected chi connectivity index (χ3v) is 6.08. The third kappa shape index (κ3) is 3.16. The molecule has 28 heavy (non-hydrogen) atoms. The molecule has 3 aromatic rings. The van der Waals surface area contributed by atoms with Crippen LogP contribution in [0.5, 0.6) is 0 Å². The summed E-state index contributed by atoms with van der Waals surface area (Å²) in [6, 6.07) is 12.1. The van der Waals surface area contributed by atoms with Gasteiger partial charge in [0.1, 0.15) is 5.52 Å². The summed E-state index contributed by atoms with van der Waals surface area (Å²) in [5.74, 6) is 0.710. The van der Waals surface area contributed by atoms with Gasteiger partial charge < -0.3 is 14.9 Å². The molecule has 0 amide bonds. The molecule has 2 fully saturated rings. The Hall–Kier alpha value is -2.44. The summed E-state index contributed by atoms with van der Waals surface area (Å²) in [6.07, 6.45) is 2.15. The lowest BCUT2D eigenvalue weighted by molar-refractivity contribution is 0.200. The van der Waals surface area contributed by atoms with Gasteiger partial charge in [0.2, 0.25) is 0 Å². The lowest BCUT2D eigenvalue weighted by Gasteiger charge is -2.42. The second kappa shape index (κ2) is 7.18. The topological polar surface area (TPSA) is 65.6 Å². The molecule has 0 bridgehead atoms. The highest BCUT2D eigenvalue weighted by atomic mass is 16.6. The van der Waals surface area contributed by atoms with Gasteiger partial charge in [-0.05, 0) is 72.0 Å². The Balaban J connectivity index is 1.45. The van der Waals surface area contributed by atoms with Crippen molar-refractivity contribution in [2.45, 2.75) is 25.9 Å². The van der Waals surface area contributed by atoms with E-state index in [9.17, 15) is 5.11 Å². The maximum Gasteiger partial charge on any atom is 0.158 e. The normalized spacial score (nSPS) is 19.3. The first-order valence-corrected chi connectivity index (χ1v) is 10.2. The molecule has 1 N–H and O–H groups in total. The van der Waals surface area contributed by atoms with E-state index in [1.165, 1.54) is 32.5 Å². The highest BCUT2D eigenvalue weighted by molar-refractivity contribution is 5.93. The number of hydrogen-bond acceptors (Lipinski definition) is 6. The van der Waals surface area contributed by atoms with Crippen LogP contribution >= 0.6 is 0 Å². The Labute approximate surface area is 164 Å². The zero-order valence-electron chi connectivity index (χ0n) is 16.2. The molecule has 0 saturated carbocycles. The van der Waals surface area contributed by atoms with E-state index >= 15 is 0 Å². The van der Waals surface area contributed by atoms with Gasteiger partial charge in [-0.15, -0.1) is 0 Å². The zero-order chi connectivity index (χ0) is 19.1. The minimum Gasteiger partial charge on any atom is -0.389 e. The molecular weight excluding hydrogens is 352 g/mol. The van der Waals surface area contributed by atoms with Gasteiger partial charge in [-0.2, -0.15) is 0 Å². The van der Waals surface area contributed by atoms with E-state index in [1.54, 1.807) is 6.92 Å². The highest BCUT2D eigenvalue weighted by Crippen LogP contribution is 2.37. The molecule has 5 rings (SSSR count). The summed E-state index contributed by atoms with van der Waals surface area (Å²) in [7, 11) is 0. The summed E-state index contributed by atoms with van der Waals surface area (Å²) in [5, 5.41) is 18.4. The van der Waals surface area contributed by atoms with Crippen LogP contribution in [0.1, 0.15) is 31.4 Å². The standard InChI is InChI=1S/C22H26N4O2/c1-15(27)18-6-2-3-7-19(18)17-10-20-22(24-28-23-20)21(11-17)26-13-16(14-26)12-25-8-4-5-9-25/h2-3,6-7,10-11,15-16,27H,4-5,8-9,12-14H2,1H3. The first kappa shape index (κ1) is 17.6. The summed E-state index contributed by atoms with van der Waals surface area (Å²) in [4.78, 5) is 4.96. The SMILES string of the molecule is CC(O)c1ccccc1-c1cc(N2CC(CN3CCCC3)C2)c2nonc2c1. The van der Waals surface area contributed by atoms with Crippen LogP contribution in [0.2, 0.25) is 0 Å². The van der Waals surface area contributed by atoms with E-state index in [1.807, 2.05) is 30.3 Å². The number of fused-ring (bicyclic) bond motifs is 1. The van der Waals surface area contributed by atoms with E-state index in [0.717, 1.165) is 46.5 Å². The molecule has 0 spiro atoms. The van der Waals surface area contributed by atoms with E-state index in [4.69, 9.17) is 4.63 Å². The average molecular weight is 378 g/mol. The lowest BCUT2D eigenvalue weighted by atomic mass is 9.94. The van der Waals surface area contributed by atoms with Crippen LogP contribution in [0.15, 0.2) is 41.0 Å². The van der Waals surface area contributed by atoms with Crippen LogP contribution in [0.25, 0.3) is 22.2 Å². The maximum atomic E-state index is 10.2. The molecule has 6 heteroatoms. The average Bonchev–Trinajstić information content (AvgIpc) is 3.35. The molecule has 2 saturated heterocycles. The number of likely N-dealkylation sites (tertiary alicyclic amines) is 1. The molecule has 1 atom stereocenters. The highest BCUT2D eigenvalue weighted by Gasteiger charge is 2.31. The van der Waals surface area contributed by atoms with Gasteiger partial charge >= 0.3 is 0 Å². The second-order valence-corrected chi connectivity index (χ2v) is 8.17. The summed E-state index contributed by atoms with van der Waals surface area (Å²) in [5.41, 5.74) is 5.64. The zero-order valence-corrected chi connectivity index (χ0v) is 16.2. The Morgan fingerprint density at radius 1 is 1.14 bits per heavy atom. The quantitative estimate of drug-likeness (QED) is 0.733. The first-order chi connectivity index (χ1) is 13.7. The van der Waals surface area contributed by atoms with Crippen LogP contribution in [0.4, 0.5) is 5.69 Å². The summed E-state index contributed by atoms with van der Waals surface area (Å²) in [6.45, 7) is 7.58. The maximum absolute atomic E-state index is 10.2. The predicted molar refractivity (Wildman–Crippen MR) is 109 cm³/mol. The van der Waals surface area contributed by atoms with Crippen LogP contribution in [0.3, 0.4) is 0 Å². The van der Waals surface area contributed by atoms with Gasteiger partial charge in [0, 0.05) is 25.6 Å². The molecule has 0 radical (unpaired) electrons. The molecular formula is C22H26N4O2. The molecule has 6 nitrogen and oxygen atoms in total. The van der Waals surface area contributed by atoms with Crippen LogP contribution in [0, 0.1) is 5.92 Å². The smallest absolute Gasteiger partial charge is 0.158 e. The number of rotatable bonds is 5. The number of anilines is 1. The Kier molecular flexibility index (Phi) is 4.53. The van der Waals surface area contributed by atoms with Gasteiger partial charge in [0.25, 0.3) is 0 Å². The van der Waals surface area contributed by atoms with Gasteiger partial charge in [-0.25, -0.2) is 4.63 Å². The van der Waals surface area contributed by atoms with Gasteiger partial charge in [0.05, 0.1) is 11.8 Å². The molecule has 146 valence electrons. The number of aliphatic hydroxyl groups excluding tert-OH is 1. The van der Waals surface area contributed by atoms with Crippen LogP contribution in [-0.4, -0.2) is 53.0 Å². The van der Waals surface area contributed by atoms with Crippen molar-refractivity contribution in [1.29, 1.82) is 0 Å². The Morgan fingerprint density at radius 2 is 1.93 bits per heavy atom. The number of aliphatic hydroxyl groups is 1. The van der Waals surface area contributed by atoms with Crippen molar-refractivity contribution in [2.24, 2.45) is 5.92 Å². The monoisotopic (exact) mass is 378 g/mol. The first-order valence-electron chi connectivity index (χ1n) is 10.2. The molecule has 2 aliphatic rings. The van der Waals surface area contributed by atoms with Crippen molar-refractivity contribution in [3.8, 4) is 11.1 Å².